The second kappa shape index (κ2) is 8.24. The number of rotatable bonds is 4. The largest absolute Gasteiger partial charge is 0.391 e. The minimum Gasteiger partial charge on any atom is -0.391 e. The summed E-state index contributed by atoms with van der Waals surface area (Å²) in [7, 11) is 0. The monoisotopic (exact) mass is 410 g/mol. The lowest BCUT2D eigenvalue weighted by molar-refractivity contribution is 0.160. The Morgan fingerprint density at radius 3 is 2.57 bits per heavy atom. The van der Waals surface area contributed by atoms with Gasteiger partial charge in [0.2, 0.25) is 0 Å². The van der Waals surface area contributed by atoms with Crippen molar-refractivity contribution in [1.82, 2.24) is 14.5 Å². The molecule has 0 bridgehead atoms. The van der Waals surface area contributed by atoms with Gasteiger partial charge in [0.25, 0.3) is 5.56 Å². The lowest BCUT2D eigenvalue weighted by atomic mass is 9.94. The van der Waals surface area contributed by atoms with Crippen LogP contribution in [-0.2, 0) is 0 Å². The first-order valence-corrected chi connectivity index (χ1v) is 10.5. The molecule has 2 unspecified atom stereocenters. The van der Waals surface area contributed by atoms with E-state index in [4.69, 9.17) is 5.73 Å². The van der Waals surface area contributed by atoms with Gasteiger partial charge in [-0.3, -0.25) is 9.36 Å². The molecule has 30 heavy (non-hydrogen) atoms. The fourth-order valence-electron chi connectivity index (χ4n) is 4.31. The minimum absolute atomic E-state index is 0.0719. The molecule has 2 heterocycles. The van der Waals surface area contributed by atoms with Crippen molar-refractivity contribution in [2.45, 2.75) is 64.1 Å². The van der Waals surface area contributed by atoms with Crippen molar-refractivity contribution in [2.75, 3.05) is 0 Å². The first-order chi connectivity index (χ1) is 14.4. The van der Waals surface area contributed by atoms with Gasteiger partial charge >= 0.3 is 0 Å². The van der Waals surface area contributed by atoms with Gasteiger partial charge < -0.3 is 10.8 Å². The fraction of sp³-hybridized carbons (Fsp3) is 0.435. The number of aryl methyl sites for hydroxylation is 1. The number of aliphatic hydroxyl groups is 1. The maximum absolute atomic E-state index is 13.7. The van der Waals surface area contributed by atoms with Crippen LogP contribution in [0.4, 0.5) is 4.39 Å². The Balaban J connectivity index is 2.04. The molecule has 4 rings (SSSR count). The van der Waals surface area contributed by atoms with Crippen molar-refractivity contribution < 1.29 is 9.50 Å². The molecule has 3 aromatic rings. The summed E-state index contributed by atoms with van der Waals surface area (Å²) in [5.74, 6) is -0.0546. The van der Waals surface area contributed by atoms with Gasteiger partial charge in [0, 0.05) is 23.1 Å². The Morgan fingerprint density at radius 2 is 1.90 bits per heavy atom. The number of hydrogen-bond acceptors (Lipinski definition) is 5. The number of nitrogens with zero attached hydrogens (tertiary/aromatic N) is 3. The summed E-state index contributed by atoms with van der Waals surface area (Å²) in [4.78, 5) is 22.2. The first kappa shape index (κ1) is 20.6. The summed E-state index contributed by atoms with van der Waals surface area (Å²) < 4.78 is 15.5. The van der Waals surface area contributed by atoms with Crippen LogP contribution in [0.15, 0.2) is 35.1 Å². The van der Waals surface area contributed by atoms with Gasteiger partial charge in [0.15, 0.2) is 5.82 Å². The minimum atomic E-state index is -0.858. The lowest BCUT2D eigenvalue weighted by Crippen LogP contribution is -2.29. The molecule has 1 aliphatic carbocycles. The van der Waals surface area contributed by atoms with E-state index in [1.165, 1.54) is 18.6 Å². The standard InChI is InChI=1S/C23H27FN4O2/c1-13-12-15(24)8-9-17(13)21-18-10-11-19(30)28(16-6-4-3-5-7-16)23(18)27-22(26-21)20(25)14(2)29/h8-12,14,16,20,29H,3-7,25H2,1-2H3. The van der Waals surface area contributed by atoms with Gasteiger partial charge in [0.1, 0.15) is 11.5 Å². The maximum atomic E-state index is 13.7. The van der Waals surface area contributed by atoms with Crippen molar-refractivity contribution in [3.63, 3.8) is 0 Å². The maximum Gasteiger partial charge on any atom is 0.252 e. The fourth-order valence-corrected chi connectivity index (χ4v) is 4.31. The van der Waals surface area contributed by atoms with Gasteiger partial charge in [-0.05, 0) is 56.5 Å². The second-order valence-electron chi connectivity index (χ2n) is 8.23. The van der Waals surface area contributed by atoms with Crippen molar-refractivity contribution in [2.24, 2.45) is 5.73 Å². The Labute approximate surface area is 174 Å². The third-order valence-corrected chi connectivity index (χ3v) is 6.00. The van der Waals surface area contributed by atoms with Crippen molar-refractivity contribution in [3.05, 3.63) is 57.9 Å². The highest BCUT2D eigenvalue weighted by Crippen LogP contribution is 2.33. The van der Waals surface area contributed by atoms with Crippen molar-refractivity contribution in [1.29, 1.82) is 0 Å². The molecule has 2 aromatic heterocycles. The van der Waals surface area contributed by atoms with Gasteiger partial charge in [-0.2, -0.15) is 0 Å². The van der Waals surface area contributed by atoms with Crippen LogP contribution in [-0.4, -0.2) is 25.7 Å². The van der Waals surface area contributed by atoms with E-state index in [-0.39, 0.29) is 23.2 Å². The van der Waals surface area contributed by atoms with Crippen LogP contribution in [0.5, 0.6) is 0 Å². The molecule has 1 aromatic carbocycles. The molecule has 3 N–H and O–H groups in total. The highest BCUT2D eigenvalue weighted by molar-refractivity contribution is 5.91. The third kappa shape index (κ3) is 3.75. The number of aromatic nitrogens is 3. The van der Waals surface area contributed by atoms with E-state index >= 15 is 0 Å². The molecular weight excluding hydrogens is 383 g/mol. The zero-order valence-electron chi connectivity index (χ0n) is 17.3. The average Bonchev–Trinajstić information content (AvgIpc) is 2.73. The molecule has 1 fully saturated rings. The van der Waals surface area contributed by atoms with Crippen LogP contribution in [0.25, 0.3) is 22.3 Å². The smallest absolute Gasteiger partial charge is 0.252 e. The van der Waals surface area contributed by atoms with Crippen LogP contribution >= 0.6 is 0 Å². The zero-order valence-corrected chi connectivity index (χ0v) is 17.3. The topological polar surface area (TPSA) is 94.0 Å². The number of pyridine rings is 1. The Bertz CT molecular complexity index is 1140. The van der Waals surface area contributed by atoms with E-state index in [1.807, 2.05) is 6.92 Å². The highest BCUT2D eigenvalue weighted by Gasteiger charge is 2.24. The van der Waals surface area contributed by atoms with Gasteiger partial charge in [-0.1, -0.05) is 19.3 Å². The third-order valence-electron chi connectivity index (χ3n) is 6.00. The Kier molecular flexibility index (Phi) is 5.66. The molecule has 7 heteroatoms. The summed E-state index contributed by atoms with van der Waals surface area (Å²) in [5.41, 5.74) is 8.66. The first-order valence-electron chi connectivity index (χ1n) is 10.5. The van der Waals surface area contributed by atoms with Crippen LogP contribution in [0.2, 0.25) is 0 Å². The summed E-state index contributed by atoms with van der Waals surface area (Å²) in [6, 6.07) is 7.08. The van der Waals surface area contributed by atoms with Crippen LogP contribution in [0.1, 0.15) is 62.5 Å². The molecule has 0 radical (unpaired) electrons. The van der Waals surface area contributed by atoms with Crippen LogP contribution < -0.4 is 11.3 Å². The molecule has 0 amide bonds. The van der Waals surface area contributed by atoms with E-state index in [0.29, 0.717) is 11.3 Å². The molecule has 0 aliphatic heterocycles. The normalized spacial score (nSPS) is 17.2. The lowest BCUT2D eigenvalue weighted by Gasteiger charge is -2.26. The van der Waals surface area contributed by atoms with E-state index in [9.17, 15) is 14.3 Å². The summed E-state index contributed by atoms with van der Waals surface area (Å²) in [6.45, 7) is 3.40. The van der Waals surface area contributed by atoms with Gasteiger partial charge in [-0.15, -0.1) is 0 Å². The highest BCUT2D eigenvalue weighted by atomic mass is 19.1. The van der Waals surface area contributed by atoms with E-state index in [1.54, 1.807) is 29.7 Å². The molecular formula is C23H27FN4O2. The SMILES string of the molecule is Cc1cc(F)ccc1-c1nc(C(N)C(C)O)nc2c1ccc(=O)n2C1CCCCC1. The Morgan fingerprint density at radius 1 is 1.17 bits per heavy atom. The summed E-state index contributed by atoms with van der Waals surface area (Å²) >= 11 is 0. The number of fused-ring (bicyclic) bond motifs is 1. The Hall–Kier alpha value is -2.64. The second-order valence-corrected chi connectivity index (χ2v) is 8.23. The molecule has 0 saturated heterocycles. The van der Waals surface area contributed by atoms with E-state index < -0.39 is 12.1 Å². The van der Waals surface area contributed by atoms with Gasteiger partial charge in [0.05, 0.1) is 17.8 Å². The number of benzene rings is 1. The number of aliphatic hydroxyl groups excluding tert-OH is 1. The molecule has 6 nitrogen and oxygen atoms in total. The summed E-state index contributed by atoms with van der Waals surface area (Å²) in [6.07, 6.45) is 4.30. The van der Waals surface area contributed by atoms with Crippen LogP contribution in [0.3, 0.4) is 0 Å². The number of hydrogen-bond donors (Lipinski definition) is 2. The molecule has 1 saturated carbocycles. The van der Waals surface area contributed by atoms with Gasteiger partial charge in [-0.25, -0.2) is 14.4 Å². The quantitative estimate of drug-likeness (QED) is 0.682. The van der Waals surface area contributed by atoms with Crippen molar-refractivity contribution in [3.8, 4) is 11.3 Å². The molecule has 2 atom stereocenters. The zero-order chi connectivity index (χ0) is 21.4. The average molecular weight is 410 g/mol. The molecule has 0 spiro atoms. The van der Waals surface area contributed by atoms with E-state index in [0.717, 1.165) is 42.2 Å². The van der Waals surface area contributed by atoms with Crippen LogP contribution in [0, 0.1) is 12.7 Å². The van der Waals surface area contributed by atoms with Crippen molar-refractivity contribution >= 4 is 11.0 Å². The van der Waals surface area contributed by atoms with E-state index in [2.05, 4.69) is 9.97 Å². The predicted molar refractivity (Wildman–Crippen MR) is 115 cm³/mol. The molecule has 1 aliphatic rings. The summed E-state index contributed by atoms with van der Waals surface area (Å²) in [5, 5.41) is 10.8. The predicted octanol–water partition coefficient (Wildman–Crippen LogP) is 3.79. The number of nitrogens with two attached hydrogens (primary N) is 1. The number of halogens is 1. The molecule has 158 valence electrons.